The molecule has 3 aromatic heterocycles. The second-order valence-electron chi connectivity index (χ2n) is 12.7. The summed E-state index contributed by atoms with van der Waals surface area (Å²) in [5.74, 6) is 0.496. The zero-order chi connectivity index (χ0) is 37.0. The second-order valence-corrected chi connectivity index (χ2v) is 13.7. The largest absolute Gasteiger partial charge is 0.494 e. The molecule has 2 fully saturated rings. The van der Waals surface area contributed by atoms with E-state index >= 15 is 0 Å². The minimum absolute atomic E-state index is 0.111. The normalized spacial score (nSPS) is 15.5. The third-order valence-electron chi connectivity index (χ3n) is 9.08. The van der Waals surface area contributed by atoms with E-state index in [-0.39, 0.29) is 37.7 Å². The molecule has 2 aliphatic rings. The van der Waals surface area contributed by atoms with Crippen LogP contribution >= 0.6 is 0 Å². The number of carbonyl (C=O) groups excluding carboxylic acids is 3. The maximum absolute atomic E-state index is 12.8. The zero-order valence-electron chi connectivity index (χ0n) is 28.3. The minimum Gasteiger partial charge on any atom is -0.494 e. The molecule has 5 heterocycles. The molecule has 0 atom stereocenters. The predicted octanol–water partition coefficient (Wildman–Crippen LogP) is 3.05. The number of H-pyrrole nitrogens is 1. The Morgan fingerprint density at radius 3 is 2.57 bits per heavy atom. The van der Waals surface area contributed by atoms with Crippen molar-refractivity contribution in [2.24, 2.45) is 0 Å². The Morgan fingerprint density at radius 1 is 1.04 bits per heavy atom. The standard InChI is InChI=1S/C35H35N11O6S/c36-14-13-35(21-44(22-35)53(50)51)46-20-24(19-39-46)30-28-11-16-37-31(28)43-33(42-30)40-25-5-3-23(4-6-25)32(48)38-15-1-2-18-52-27-9-7-26(8-10-27)45-17-12-29(47)41-34(45)49/h3-11,16,19-20,53H,1-2,12-13,15,17-18,21-22H2,(H,38,48)(H,41,47,49)(H2,37,40,42,43). The number of anilines is 3. The molecule has 7 rings (SSSR count). The van der Waals surface area contributed by atoms with Crippen molar-refractivity contribution in [1.82, 2.24) is 39.7 Å². The number of aromatic amines is 1. The molecular weight excluding hydrogens is 703 g/mol. The smallest absolute Gasteiger partial charge is 0.328 e. The number of fused-ring (bicyclic) bond motifs is 1. The van der Waals surface area contributed by atoms with E-state index in [1.165, 1.54) is 9.21 Å². The Hall–Kier alpha value is -6.32. The average molecular weight is 738 g/mol. The van der Waals surface area contributed by atoms with Crippen molar-refractivity contribution in [2.75, 3.05) is 43.0 Å². The molecule has 4 amide bonds. The van der Waals surface area contributed by atoms with Crippen LogP contribution in [0.1, 0.15) is 36.0 Å². The van der Waals surface area contributed by atoms with Gasteiger partial charge in [-0.3, -0.25) is 24.5 Å². The fourth-order valence-corrected chi connectivity index (χ4v) is 7.00. The number of nitrogens with zero attached hydrogens (tertiary/aromatic N) is 7. The van der Waals surface area contributed by atoms with Crippen molar-refractivity contribution in [2.45, 2.75) is 31.2 Å². The number of unbranched alkanes of at least 4 members (excludes halogenated alkanes) is 1. The molecule has 18 heteroatoms. The first-order chi connectivity index (χ1) is 25.7. The van der Waals surface area contributed by atoms with Crippen LogP contribution in [0.2, 0.25) is 0 Å². The van der Waals surface area contributed by atoms with Crippen molar-refractivity contribution in [3.63, 3.8) is 0 Å². The van der Waals surface area contributed by atoms with Gasteiger partial charge in [-0.25, -0.2) is 18.2 Å². The summed E-state index contributed by atoms with van der Waals surface area (Å²) < 4.78 is 31.6. The highest BCUT2D eigenvalue weighted by Crippen LogP contribution is 2.35. The lowest BCUT2D eigenvalue weighted by molar-refractivity contribution is -0.120. The molecule has 2 saturated heterocycles. The molecule has 0 bridgehead atoms. The van der Waals surface area contributed by atoms with Crippen LogP contribution in [0.4, 0.5) is 22.1 Å². The van der Waals surface area contributed by atoms with Crippen LogP contribution in [-0.2, 0) is 21.2 Å². The van der Waals surface area contributed by atoms with E-state index in [0.29, 0.717) is 71.7 Å². The molecule has 17 nitrogen and oxygen atoms in total. The molecule has 272 valence electrons. The van der Waals surface area contributed by atoms with Gasteiger partial charge in [0.15, 0.2) is 0 Å². The van der Waals surface area contributed by atoms with E-state index in [1.807, 2.05) is 6.07 Å². The Balaban J connectivity index is 0.899. The van der Waals surface area contributed by atoms with Gasteiger partial charge in [-0.15, -0.1) is 0 Å². The molecule has 0 saturated carbocycles. The van der Waals surface area contributed by atoms with Crippen LogP contribution in [0, 0.1) is 11.3 Å². The van der Waals surface area contributed by atoms with Crippen LogP contribution in [0.25, 0.3) is 22.3 Å². The van der Waals surface area contributed by atoms with Gasteiger partial charge in [0.05, 0.1) is 31.0 Å². The van der Waals surface area contributed by atoms with Gasteiger partial charge in [0, 0.05) is 72.9 Å². The predicted molar refractivity (Wildman–Crippen MR) is 194 cm³/mol. The molecule has 4 N–H and O–H groups in total. The summed E-state index contributed by atoms with van der Waals surface area (Å²) in [5, 5.41) is 23.1. The molecule has 0 radical (unpaired) electrons. The molecule has 2 aliphatic heterocycles. The number of ether oxygens (including phenoxy) is 1. The lowest BCUT2D eigenvalue weighted by Crippen LogP contribution is -2.61. The highest BCUT2D eigenvalue weighted by atomic mass is 32.2. The first kappa shape index (κ1) is 35.1. The van der Waals surface area contributed by atoms with Gasteiger partial charge in [-0.1, -0.05) is 0 Å². The van der Waals surface area contributed by atoms with Gasteiger partial charge in [-0.05, 0) is 67.4 Å². The summed E-state index contributed by atoms with van der Waals surface area (Å²) in [5.41, 5.74) is 2.98. The number of rotatable bonds is 14. The monoisotopic (exact) mass is 737 g/mol. The number of nitrogens with one attached hydrogen (secondary N) is 4. The van der Waals surface area contributed by atoms with E-state index in [1.54, 1.807) is 71.8 Å². The molecule has 0 spiro atoms. The third-order valence-corrected chi connectivity index (χ3v) is 9.83. The molecule has 2 aromatic carbocycles. The molecule has 0 aliphatic carbocycles. The molecular formula is C35H35N11O6S. The summed E-state index contributed by atoms with van der Waals surface area (Å²) in [7, 11) is -2.73. The maximum atomic E-state index is 12.8. The second kappa shape index (κ2) is 15.1. The van der Waals surface area contributed by atoms with Gasteiger partial charge >= 0.3 is 6.03 Å². The van der Waals surface area contributed by atoms with Crippen molar-refractivity contribution in [3.8, 4) is 23.1 Å². The number of hydrogen-bond donors (Lipinski definition) is 5. The third kappa shape index (κ3) is 7.66. The molecule has 5 aromatic rings. The van der Waals surface area contributed by atoms with Crippen molar-refractivity contribution in [1.29, 1.82) is 5.26 Å². The highest BCUT2D eigenvalue weighted by Gasteiger charge is 2.47. The highest BCUT2D eigenvalue weighted by molar-refractivity contribution is 7.69. The lowest BCUT2D eigenvalue weighted by Gasteiger charge is -2.45. The first-order valence-corrected chi connectivity index (χ1v) is 18.0. The van der Waals surface area contributed by atoms with E-state index < -0.39 is 22.5 Å². The van der Waals surface area contributed by atoms with Gasteiger partial charge in [0.2, 0.25) is 22.7 Å². The van der Waals surface area contributed by atoms with Crippen LogP contribution in [-0.4, -0.2) is 88.1 Å². The minimum atomic E-state index is -2.73. The number of amides is 4. The number of carbonyl (C=O) groups is 3. The number of benzene rings is 2. The van der Waals surface area contributed by atoms with Crippen LogP contribution in [0.15, 0.2) is 73.2 Å². The van der Waals surface area contributed by atoms with Crippen molar-refractivity contribution < 1.29 is 27.5 Å². The summed E-state index contributed by atoms with van der Waals surface area (Å²) in [6, 6.07) is 17.6. The lowest BCUT2D eigenvalue weighted by atomic mass is 9.89. The van der Waals surface area contributed by atoms with Gasteiger partial charge in [0.1, 0.15) is 16.9 Å². The number of imide groups is 1. The SMILES string of the molecule is N#CCC1(n2cc(-c3nc(Nc4ccc(C(=O)NCCCCOc5ccc(N6CCC(=O)NC6=O)cc5)cc4)nc4[nH]ccc34)cn2)CN([SH](=O)=O)C1. The van der Waals surface area contributed by atoms with Crippen molar-refractivity contribution >= 4 is 57.1 Å². The number of thiol groups is 1. The van der Waals surface area contributed by atoms with Crippen LogP contribution < -0.4 is 25.6 Å². The number of urea groups is 1. The summed E-state index contributed by atoms with van der Waals surface area (Å²) in [6.45, 7) is 1.61. The van der Waals surface area contributed by atoms with Gasteiger partial charge in [-0.2, -0.15) is 19.6 Å². The van der Waals surface area contributed by atoms with Gasteiger partial charge < -0.3 is 20.4 Å². The Bertz CT molecular complexity index is 2260. The Morgan fingerprint density at radius 2 is 1.83 bits per heavy atom. The molecule has 0 unspecified atom stereocenters. The topological polar surface area (TPSA) is 220 Å². The fraction of sp³-hybridized carbons (Fsp3) is 0.286. The van der Waals surface area contributed by atoms with Crippen molar-refractivity contribution in [3.05, 3.63) is 78.8 Å². The van der Waals surface area contributed by atoms with E-state index in [4.69, 9.17) is 9.72 Å². The quantitative estimate of drug-likeness (QED) is 0.0824. The molecule has 53 heavy (non-hydrogen) atoms. The van der Waals surface area contributed by atoms with Crippen LogP contribution in [0.5, 0.6) is 5.75 Å². The van der Waals surface area contributed by atoms with E-state index in [9.17, 15) is 28.1 Å². The van der Waals surface area contributed by atoms with E-state index in [2.05, 4.69) is 37.1 Å². The summed E-state index contributed by atoms with van der Waals surface area (Å²) in [6.07, 6.45) is 6.97. The zero-order valence-corrected chi connectivity index (χ0v) is 29.2. The number of hydrogen-bond acceptors (Lipinski definition) is 11. The number of aromatic nitrogens is 5. The number of nitriles is 1. The average Bonchev–Trinajstić information content (AvgIpc) is 3.82. The summed E-state index contributed by atoms with van der Waals surface area (Å²) >= 11 is 0. The fourth-order valence-electron chi connectivity index (χ4n) is 6.24. The van der Waals surface area contributed by atoms with Gasteiger partial charge in [0.25, 0.3) is 5.91 Å². The first-order valence-electron chi connectivity index (χ1n) is 16.9. The van der Waals surface area contributed by atoms with E-state index in [0.717, 1.165) is 11.8 Å². The van der Waals surface area contributed by atoms with Crippen LogP contribution in [0.3, 0.4) is 0 Å². The summed E-state index contributed by atoms with van der Waals surface area (Å²) in [4.78, 5) is 50.2. The Kier molecular flexibility index (Phi) is 10.0. The maximum Gasteiger partial charge on any atom is 0.328 e. The Labute approximate surface area is 305 Å².